The van der Waals surface area contributed by atoms with Crippen LogP contribution in [0.5, 0.6) is 17.4 Å². The topological polar surface area (TPSA) is 70.5 Å². The second kappa shape index (κ2) is 6.01. The van der Waals surface area contributed by atoms with Gasteiger partial charge in [-0.2, -0.15) is 0 Å². The second-order valence-electron chi connectivity index (χ2n) is 3.84. The first-order valence-corrected chi connectivity index (χ1v) is 5.82. The Morgan fingerprint density at radius 2 is 1.50 bits per heavy atom. The van der Waals surface area contributed by atoms with Gasteiger partial charge in [0.05, 0.1) is 21.3 Å². The van der Waals surface area contributed by atoms with Gasteiger partial charge in [-0.1, -0.05) is 0 Å². The average molecular weight is 274 g/mol. The molecule has 0 N–H and O–H groups in total. The first-order valence-electron chi connectivity index (χ1n) is 5.82. The summed E-state index contributed by atoms with van der Waals surface area (Å²) in [4.78, 5) is 20.4. The Balaban J connectivity index is 2.47. The third-order valence-electron chi connectivity index (χ3n) is 2.69. The van der Waals surface area contributed by atoms with Crippen molar-refractivity contribution in [3.8, 4) is 17.4 Å². The van der Waals surface area contributed by atoms with Gasteiger partial charge in [-0.05, 0) is 12.1 Å². The molecule has 0 bridgehead atoms. The molecule has 0 fully saturated rings. The molecular formula is C14H14N2O4. The van der Waals surface area contributed by atoms with Gasteiger partial charge in [0.2, 0.25) is 11.7 Å². The quantitative estimate of drug-likeness (QED) is 0.773. The van der Waals surface area contributed by atoms with Crippen molar-refractivity contribution < 1.29 is 19.0 Å². The number of hydrogen-bond donors (Lipinski definition) is 0. The maximum Gasteiger partial charge on any atom is 0.243 e. The lowest BCUT2D eigenvalue weighted by molar-refractivity contribution is 0.102. The predicted molar refractivity (Wildman–Crippen MR) is 71.6 cm³/mol. The molecule has 1 heterocycles. The zero-order valence-corrected chi connectivity index (χ0v) is 11.4. The summed E-state index contributed by atoms with van der Waals surface area (Å²) in [6, 6.07) is 4.91. The van der Waals surface area contributed by atoms with E-state index in [0.29, 0.717) is 17.1 Å². The number of aromatic nitrogens is 2. The van der Waals surface area contributed by atoms with Crippen LogP contribution in [0.2, 0.25) is 0 Å². The number of methoxy groups -OCH3 is 3. The van der Waals surface area contributed by atoms with Crippen LogP contribution in [0.25, 0.3) is 0 Å². The first kappa shape index (κ1) is 13.8. The summed E-state index contributed by atoms with van der Waals surface area (Å²) >= 11 is 0. The Labute approximate surface area is 116 Å². The lowest BCUT2D eigenvalue weighted by Gasteiger charge is -2.08. The second-order valence-corrected chi connectivity index (χ2v) is 3.84. The van der Waals surface area contributed by atoms with Crippen LogP contribution >= 0.6 is 0 Å². The van der Waals surface area contributed by atoms with Crippen LogP contribution in [0.3, 0.4) is 0 Å². The molecule has 104 valence electrons. The van der Waals surface area contributed by atoms with Gasteiger partial charge in [0.15, 0.2) is 5.69 Å². The van der Waals surface area contributed by atoms with Crippen molar-refractivity contribution in [3.05, 3.63) is 41.9 Å². The number of ether oxygens (including phenoxy) is 3. The van der Waals surface area contributed by atoms with Gasteiger partial charge >= 0.3 is 0 Å². The molecule has 0 atom stereocenters. The van der Waals surface area contributed by atoms with Crippen LogP contribution in [-0.2, 0) is 0 Å². The third kappa shape index (κ3) is 2.69. The molecule has 0 saturated carbocycles. The maximum atomic E-state index is 12.5. The van der Waals surface area contributed by atoms with Crippen molar-refractivity contribution in [3.63, 3.8) is 0 Å². The monoisotopic (exact) mass is 274 g/mol. The lowest BCUT2D eigenvalue weighted by Crippen LogP contribution is -2.08. The fraction of sp³-hybridized carbons (Fsp3) is 0.214. The summed E-state index contributed by atoms with van der Waals surface area (Å²) in [7, 11) is 4.48. The number of benzene rings is 1. The van der Waals surface area contributed by atoms with E-state index in [1.54, 1.807) is 18.2 Å². The van der Waals surface area contributed by atoms with Crippen molar-refractivity contribution in [1.82, 2.24) is 9.97 Å². The zero-order chi connectivity index (χ0) is 14.5. The van der Waals surface area contributed by atoms with Gasteiger partial charge in [-0.25, -0.2) is 9.97 Å². The van der Waals surface area contributed by atoms with Crippen molar-refractivity contribution in [1.29, 1.82) is 0 Å². The van der Waals surface area contributed by atoms with Crippen molar-refractivity contribution in [2.75, 3.05) is 21.3 Å². The van der Waals surface area contributed by atoms with Gasteiger partial charge in [-0.15, -0.1) is 0 Å². The van der Waals surface area contributed by atoms with Crippen LogP contribution in [-0.4, -0.2) is 37.1 Å². The first-order chi connectivity index (χ1) is 9.69. The Morgan fingerprint density at radius 3 is 2.05 bits per heavy atom. The van der Waals surface area contributed by atoms with E-state index < -0.39 is 0 Å². The number of nitrogens with zero attached hydrogens (tertiary/aromatic N) is 2. The van der Waals surface area contributed by atoms with Crippen LogP contribution in [0.1, 0.15) is 16.1 Å². The van der Waals surface area contributed by atoms with Crippen LogP contribution in [0, 0.1) is 0 Å². The number of carbonyl (C=O) groups excluding carboxylic acids is 1. The maximum absolute atomic E-state index is 12.5. The van der Waals surface area contributed by atoms with Crippen LogP contribution in [0.15, 0.2) is 30.6 Å². The average Bonchev–Trinajstić information content (AvgIpc) is 2.53. The van der Waals surface area contributed by atoms with Crippen LogP contribution < -0.4 is 14.2 Å². The van der Waals surface area contributed by atoms with Crippen LogP contribution in [0.4, 0.5) is 0 Å². The van der Waals surface area contributed by atoms with Gasteiger partial charge < -0.3 is 14.2 Å². The van der Waals surface area contributed by atoms with Gasteiger partial charge in [0, 0.05) is 24.0 Å². The largest absolute Gasteiger partial charge is 0.497 e. The molecule has 20 heavy (non-hydrogen) atoms. The van der Waals surface area contributed by atoms with E-state index in [2.05, 4.69) is 9.97 Å². The minimum absolute atomic E-state index is 0.144. The Hall–Kier alpha value is -2.63. The normalized spacial score (nSPS) is 9.95. The summed E-state index contributed by atoms with van der Waals surface area (Å²) in [5.74, 6) is 0.914. The fourth-order valence-corrected chi connectivity index (χ4v) is 1.71. The predicted octanol–water partition coefficient (Wildman–Crippen LogP) is 1.73. The summed E-state index contributed by atoms with van der Waals surface area (Å²) in [6.07, 6.45) is 2.90. The molecule has 1 aromatic carbocycles. The van der Waals surface area contributed by atoms with Gasteiger partial charge in [-0.3, -0.25) is 4.79 Å². The molecule has 0 radical (unpaired) electrons. The standard InChI is InChI=1S/C14H14N2O4/c1-18-10-6-9(7-11(8-10)19-2)13(17)12-14(20-3)16-5-4-15-12/h4-8H,1-3H3. The summed E-state index contributed by atoms with van der Waals surface area (Å²) in [6.45, 7) is 0. The Kier molecular flexibility index (Phi) is 4.14. The highest BCUT2D eigenvalue weighted by Gasteiger charge is 2.18. The number of ketones is 1. The van der Waals surface area contributed by atoms with Crippen molar-refractivity contribution >= 4 is 5.78 Å². The highest BCUT2D eigenvalue weighted by atomic mass is 16.5. The molecular weight excluding hydrogens is 260 g/mol. The smallest absolute Gasteiger partial charge is 0.243 e. The zero-order valence-electron chi connectivity index (χ0n) is 11.4. The molecule has 6 nitrogen and oxygen atoms in total. The van der Waals surface area contributed by atoms with E-state index in [0.717, 1.165) is 0 Å². The van der Waals surface area contributed by atoms with E-state index >= 15 is 0 Å². The molecule has 0 saturated heterocycles. The summed E-state index contributed by atoms with van der Waals surface area (Å²) < 4.78 is 15.3. The molecule has 0 amide bonds. The van der Waals surface area contributed by atoms with Crippen molar-refractivity contribution in [2.45, 2.75) is 0 Å². The third-order valence-corrected chi connectivity index (χ3v) is 2.69. The van der Waals surface area contributed by atoms with Gasteiger partial charge in [0.25, 0.3) is 0 Å². The van der Waals surface area contributed by atoms with Crippen molar-refractivity contribution in [2.24, 2.45) is 0 Å². The molecule has 2 rings (SSSR count). The van der Waals surface area contributed by atoms with E-state index in [1.165, 1.54) is 33.7 Å². The summed E-state index contributed by atoms with van der Waals surface area (Å²) in [5.41, 5.74) is 0.533. The molecule has 1 aromatic heterocycles. The number of hydrogen-bond acceptors (Lipinski definition) is 6. The fourth-order valence-electron chi connectivity index (χ4n) is 1.71. The van der Waals surface area contributed by atoms with E-state index in [4.69, 9.17) is 14.2 Å². The highest BCUT2D eigenvalue weighted by Crippen LogP contribution is 2.25. The molecule has 0 aliphatic heterocycles. The Bertz CT molecular complexity index is 606. The van der Waals surface area contributed by atoms with E-state index in [9.17, 15) is 4.79 Å². The molecule has 6 heteroatoms. The lowest BCUT2D eigenvalue weighted by atomic mass is 10.1. The number of rotatable bonds is 5. The number of carbonyl (C=O) groups is 1. The SMILES string of the molecule is COc1cc(OC)cc(C(=O)c2nccnc2OC)c1. The van der Waals surface area contributed by atoms with E-state index in [1.807, 2.05) is 0 Å². The summed E-state index contributed by atoms with van der Waals surface area (Å²) in [5, 5.41) is 0. The molecule has 0 unspecified atom stereocenters. The Morgan fingerprint density at radius 1 is 0.900 bits per heavy atom. The van der Waals surface area contributed by atoms with Gasteiger partial charge in [0.1, 0.15) is 11.5 Å². The molecule has 2 aromatic rings. The molecule has 0 spiro atoms. The van der Waals surface area contributed by atoms with E-state index in [-0.39, 0.29) is 17.4 Å². The molecule has 0 aliphatic rings. The minimum atomic E-state index is -0.313. The highest BCUT2D eigenvalue weighted by molar-refractivity contribution is 6.09. The minimum Gasteiger partial charge on any atom is -0.497 e. The molecule has 0 aliphatic carbocycles.